The van der Waals surface area contributed by atoms with Crippen LogP contribution in [-0.2, 0) is 41.2 Å². The highest BCUT2D eigenvalue weighted by molar-refractivity contribution is 6.01. The molecule has 2 aromatic carbocycles. The van der Waals surface area contributed by atoms with Crippen molar-refractivity contribution in [1.82, 2.24) is 15.1 Å². The maximum Gasteiger partial charge on any atom is 0.435 e. The fourth-order valence-electron chi connectivity index (χ4n) is 6.19. The third kappa shape index (κ3) is 5.06. The van der Waals surface area contributed by atoms with E-state index in [1.807, 2.05) is 0 Å². The van der Waals surface area contributed by atoms with E-state index in [4.69, 9.17) is 0 Å². The molecule has 0 saturated heterocycles. The van der Waals surface area contributed by atoms with Crippen LogP contribution in [-0.4, -0.2) is 34.4 Å². The van der Waals surface area contributed by atoms with E-state index in [0.717, 1.165) is 12.1 Å². The quantitative estimate of drug-likeness (QED) is 0.361. The van der Waals surface area contributed by atoms with Crippen molar-refractivity contribution in [1.29, 1.82) is 0 Å². The van der Waals surface area contributed by atoms with Gasteiger partial charge in [-0.1, -0.05) is 0 Å². The van der Waals surface area contributed by atoms with Gasteiger partial charge in [0.15, 0.2) is 11.5 Å². The van der Waals surface area contributed by atoms with E-state index in [-0.39, 0.29) is 30.9 Å². The average Bonchev–Trinajstić information content (AvgIpc) is 3.42. The van der Waals surface area contributed by atoms with Crippen molar-refractivity contribution in [3.63, 3.8) is 0 Å². The highest BCUT2D eigenvalue weighted by Gasteiger charge is 2.68. The van der Waals surface area contributed by atoms with Crippen molar-refractivity contribution >= 4 is 23.3 Å². The summed E-state index contributed by atoms with van der Waals surface area (Å²) in [5, 5.41) is 6.01. The first kappa shape index (κ1) is 28.9. The van der Waals surface area contributed by atoms with Crippen molar-refractivity contribution in [3.05, 3.63) is 81.7 Å². The summed E-state index contributed by atoms with van der Waals surface area (Å²) in [5.41, 5.74) is -1.56. The number of halogens is 7. The maximum absolute atomic E-state index is 15.0. The fourth-order valence-corrected chi connectivity index (χ4v) is 6.19. The fraction of sp³-hybridized carbons (Fsp3) is 0.379. The molecule has 2 heterocycles. The lowest BCUT2D eigenvalue weighted by atomic mass is 9.92. The Balaban J connectivity index is 1.29. The number of carbonyl (C=O) groups is 3. The van der Waals surface area contributed by atoms with Gasteiger partial charge in [-0.25, -0.2) is 8.78 Å². The summed E-state index contributed by atoms with van der Waals surface area (Å²) < 4.78 is 99.2. The Morgan fingerprint density at radius 1 is 1.14 bits per heavy atom. The molecule has 2 aliphatic carbocycles. The number of fused-ring (bicyclic) bond motifs is 4. The van der Waals surface area contributed by atoms with Gasteiger partial charge in [0.25, 0.3) is 11.8 Å². The SMILES string of the molecule is CN(C(=O)[C@@H](CC(=O)Cn1nc(C(F)(F)F)c2c1C(F)(F)C1CC21)Cc1cc(F)cc(F)c1)c1ccc2c(c1)CNC2=O. The first-order chi connectivity index (χ1) is 20.1. The summed E-state index contributed by atoms with van der Waals surface area (Å²) in [5.74, 6) is -10.8. The Kier molecular flexibility index (Phi) is 6.66. The van der Waals surface area contributed by atoms with Crippen LogP contribution in [0.5, 0.6) is 0 Å². The van der Waals surface area contributed by atoms with Crippen LogP contribution in [0, 0.1) is 23.5 Å². The molecule has 1 aromatic heterocycles. The van der Waals surface area contributed by atoms with Gasteiger partial charge in [0.2, 0.25) is 5.91 Å². The zero-order valence-electron chi connectivity index (χ0n) is 22.4. The van der Waals surface area contributed by atoms with Gasteiger partial charge < -0.3 is 10.2 Å². The summed E-state index contributed by atoms with van der Waals surface area (Å²) in [7, 11) is 1.39. The molecule has 0 radical (unpaired) electrons. The number of hydrogen-bond acceptors (Lipinski definition) is 4. The molecule has 1 saturated carbocycles. The number of benzene rings is 2. The van der Waals surface area contributed by atoms with Crippen LogP contribution < -0.4 is 10.2 Å². The molecule has 0 spiro atoms. The lowest BCUT2D eigenvalue weighted by Gasteiger charge is -2.24. The van der Waals surface area contributed by atoms with Crippen LogP contribution in [0.15, 0.2) is 36.4 Å². The van der Waals surface area contributed by atoms with E-state index in [9.17, 15) is 45.1 Å². The zero-order chi connectivity index (χ0) is 31.0. The number of aromatic nitrogens is 2. The molecular weight excluding hydrogens is 585 g/mol. The van der Waals surface area contributed by atoms with Crippen molar-refractivity contribution < 1.29 is 45.1 Å². The summed E-state index contributed by atoms with van der Waals surface area (Å²) in [6.07, 6.45) is -6.09. The van der Waals surface area contributed by atoms with Crippen LogP contribution in [0.25, 0.3) is 0 Å². The predicted octanol–water partition coefficient (Wildman–Crippen LogP) is 5.11. The smallest absolute Gasteiger partial charge is 0.348 e. The van der Waals surface area contributed by atoms with Gasteiger partial charge >= 0.3 is 6.18 Å². The number of Topliss-reactive ketones (excluding diaryl/α,β-unsaturated/α-hetero) is 1. The number of nitrogens with one attached hydrogen (secondary N) is 1. The number of alkyl halides is 5. The summed E-state index contributed by atoms with van der Waals surface area (Å²) in [6.45, 7) is -0.722. The lowest BCUT2D eigenvalue weighted by Crippen LogP contribution is -2.36. The molecule has 3 aliphatic rings. The van der Waals surface area contributed by atoms with Crippen LogP contribution >= 0.6 is 0 Å². The molecule has 3 atom stereocenters. The van der Waals surface area contributed by atoms with Gasteiger partial charge in [0.05, 0.1) is 0 Å². The monoisotopic (exact) mass is 608 g/mol. The molecule has 14 heteroatoms. The standard InChI is InChI=1S/C29H23F7N4O3/c1-39(18-2-3-20-15(7-18)11-37-26(20)42)27(43)14(4-13-5-16(30)9-17(31)6-13)8-19(41)12-40-25-23(24(38-40)29(34,35)36)21-10-22(21)28(25,32)33/h2-3,5-7,9,14,21-22H,4,8,10-12H2,1H3,(H,37,42)/t14-,21?,22?/m1/s1. The van der Waals surface area contributed by atoms with E-state index in [1.54, 1.807) is 6.07 Å². The molecule has 1 fully saturated rings. The number of carbonyl (C=O) groups excluding carboxylic acids is 3. The first-order valence-corrected chi connectivity index (χ1v) is 13.4. The highest BCUT2D eigenvalue weighted by Crippen LogP contribution is 2.68. The van der Waals surface area contributed by atoms with Gasteiger partial charge in [-0.05, 0) is 60.2 Å². The van der Waals surface area contributed by atoms with E-state index >= 15 is 0 Å². The molecule has 43 heavy (non-hydrogen) atoms. The van der Waals surface area contributed by atoms with Crippen LogP contribution in [0.3, 0.4) is 0 Å². The Bertz CT molecular complexity index is 1660. The number of hydrogen-bond donors (Lipinski definition) is 1. The molecule has 1 N–H and O–H groups in total. The van der Waals surface area contributed by atoms with E-state index in [0.29, 0.717) is 27.6 Å². The normalized spacial score (nSPS) is 20.2. The summed E-state index contributed by atoms with van der Waals surface area (Å²) in [4.78, 5) is 40.0. The number of ketones is 1. The van der Waals surface area contributed by atoms with Crippen LogP contribution in [0.1, 0.15) is 57.2 Å². The van der Waals surface area contributed by atoms with Crippen LogP contribution in [0.4, 0.5) is 36.4 Å². The molecular formula is C29H23F7N4O3. The largest absolute Gasteiger partial charge is 0.435 e. The Morgan fingerprint density at radius 2 is 1.84 bits per heavy atom. The summed E-state index contributed by atoms with van der Waals surface area (Å²) in [6, 6.07) is 7.18. The highest BCUT2D eigenvalue weighted by atomic mass is 19.4. The Morgan fingerprint density at radius 3 is 2.51 bits per heavy atom. The van der Waals surface area contributed by atoms with Gasteiger partial charge in [-0.2, -0.15) is 27.1 Å². The zero-order valence-corrected chi connectivity index (χ0v) is 22.4. The first-order valence-electron chi connectivity index (χ1n) is 13.4. The van der Waals surface area contributed by atoms with Crippen molar-refractivity contribution in [2.45, 2.75) is 50.4 Å². The van der Waals surface area contributed by atoms with Crippen molar-refractivity contribution in [2.24, 2.45) is 11.8 Å². The van der Waals surface area contributed by atoms with E-state index in [1.165, 1.54) is 24.1 Å². The second-order valence-electron chi connectivity index (χ2n) is 11.2. The minimum atomic E-state index is -5.01. The third-order valence-electron chi connectivity index (χ3n) is 8.24. The number of nitrogens with zero attached hydrogens (tertiary/aromatic N) is 3. The third-order valence-corrected chi connectivity index (χ3v) is 8.24. The molecule has 6 rings (SSSR count). The van der Waals surface area contributed by atoms with Gasteiger partial charge in [-0.3, -0.25) is 19.1 Å². The average molecular weight is 609 g/mol. The molecule has 1 aliphatic heterocycles. The van der Waals surface area contributed by atoms with Gasteiger partial charge in [-0.15, -0.1) is 0 Å². The molecule has 226 valence electrons. The van der Waals surface area contributed by atoms with Crippen molar-refractivity contribution in [2.75, 3.05) is 11.9 Å². The number of rotatable bonds is 8. The topological polar surface area (TPSA) is 84.3 Å². The predicted molar refractivity (Wildman–Crippen MR) is 136 cm³/mol. The summed E-state index contributed by atoms with van der Waals surface area (Å²) >= 11 is 0. The van der Waals surface area contributed by atoms with Gasteiger partial charge in [0, 0.05) is 54.7 Å². The second-order valence-corrected chi connectivity index (χ2v) is 11.2. The number of anilines is 1. The number of amides is 2. The molecule has 0 bridgehead atoms. The molecule has 7 nitrogen and oxygen atoms in total. The molecule has 3 aromatic rings. The van der Waals surface area contributed by atoms with E-state index in [2.05, 4.69) is 10.4 Å². The Hall–Kier alpha value is -4.23. The van der Waals surface area contributed by atoms with E-state index < -0.39 is 83.1 Å². The second kappa shape index (κ2) is 9.91. The molecule has 2 amide bonds. The Labute approximate surface area is 239 Å². The minimum Gasteiger partial charge on any atom is -0.348 e. The maximum atomic E-state index is 15.0. The lowest BCUT2D eigenvalue weighted by molar-refractivity contribution is -0.142. The van der Waals surface area contributed by atoms with Crippen LogP contribution in [0.2, 0.25) is 0 Å². The molecule has 2 unspecified atom stereocenters. The minimum absolute atomic E-state index is 0.0340. The van der Waals surface area contributed by atoms with Crippen molar-refractivity contribution in [3.8, 4) is 0 Å². The van der Waals surface area contributed by atoms with Gasteiger partial charge in [0.1, 0.15) is 23.9 Å².